The molecular weight excluding hydrogens is 296 g/mol. The Morgan fingerprint density at radius 3 is 1.39 bits per heavy atom. The molecule has 0 aromatic carbocycles. The van der Waals surface area contributed by atoms with E-state index in [-0.39, 0.29) is 37.0 Å². The van der Waals surface area contributed by atoms with Crippen LogP contribution in [-0.2, 0) is 23.8 Å². The molecule has 132 valence electrons. The normalized spacial score (nSPS) is 20.2. The molecule has 0 radical (unpaired) electrons. The second-order valence-electron chi connectivity index (χ2n) is 6.62. The summed E-state index contributed by atoms with van der Waals surface area (Å²) in [5.74, 6) is -0.00514. The van der Waals surface area contributed by atoms with Gasteiger partial charge in [-0.05, 0) is 25.7 Å². The number of carbonyl (C=O) groups excluding carboxylic acids is 2. The molecule has 0 saturated heterocycles. The van der Waals surface area contributed by atoms with Crippen LogP contribution in [-0.4, -0.2) is 38.4 Å². The fourth-order valence-corrected chi connectivity index (χ4v) is 3.42. The molecule has 0 heterocycles. The van der Waals surface area contributed by atoms with Gasteiger partial charge < -0.3 is 14.2 Å². The van der Waals surface area contributed by atoms with Gasteiger partial charge in [-0.1, -0.05) is 38.5 Å². The summed E-state index contributed by atoms with van der Waals surface area (Å²) >= 11 is 0. The third-order valence-corrected chi connectivity index (χ3v) is 4.82. The number of carbonyl (C=O) groups is 2. The van der Waals surface area contributed by atoms with E-state index in [1.54, 1.807) is 0 Å². The third kappa shape index (κ3) is 6.90. The topological polar surface area (TPSA) is 61.8 Å². The Kier molecular flexibility index (Phi) is 8.43. The lowest BCUT2D eigenvalue weighted by Crippen LogP contribution is -2.23. The molecule has 0 N–H and O–H groups in total. The average molecular weight is 326 g/mol. The van der Waals surface area contributed by atoms with Crippen LogP contribution in [0.3, 0.4) is 0 Å². The molecule has 2 fully saturated rings. The second-order valence-corrected chi connectivity index (χ2v) is 6.62. The molecule has 2 rings (SSSR count). The molecular formula is C18H30O5. The Bertz CT molecular complexity index is 322. The zero-order valence-corrected chi connectivity index (χ0v) is 14.1. The van der Waals surface area contributed by atoms with E-state index in [1.807, 2.05) is 0 Å². The van der Waals surface area contributed by atoms with Crippen molar-refractivity contribution >= 4 is 11.9 Å². The van der Waals surface area contributed by atoms with Crippen molar-refractivity contribution in [1.82, 2.24) is 0 Å². The highest BCUT2D eigenvalue weighted by molar-refractivity contribution is 5.72. The molecule has 2 aliphatic rings. The molecule has 0 atom stereocenters. The summed E-state index contributed by atoms with van der Waals surface area (Å²) in [4.78, 5) is 23.6. The van der Waals surface area contributed by atoms with Gasteiger partial charge in [0, 0.05) is 0 Å². The largest absolute Gasteiger partial charge is 0.463 e. The Balaban J connectivity index is 1.43. The van der Waals surface area contributed by atoms with Gasteiger partial charge in [0.05, 0.1) is 25.0 Å². The Morgan fingerprint density at radius 1 is 0.609 bits per heavy atom. The Morgan fingerprint density at radius 2 is 1.00 bits per heavy atom. The van der Waals surface area contributed by atoms with E-state index in [9.17, 15) is 9.59 Å². The zero-order chi connectivity index (χ0) is 16.3. The van der Waals surface area contributed by atoms with Gasteiger partial charge in [0.15, 0.2) is 0 Å². The van der Waals surface area contributed by atoms with Crippen molar-refractivity contribution < 1.29 is 23.8 Å². The van der Waals surface area contributed by atoms with E-state index in [0.717, 1.165) is 51.4 Å². The van der Waals surface area contributed by atoms with E-state index in [0.29, 0.717) is 13.2 Å². The summed E-state index contributed by atoms with van der Waals surface area (Å²) in [7, 11) is 0. The number of ether oxygens (including phenoxy) is 3. The van der Waals surface area contributed by atoms with Gasteiger partial charge in [-0.15, -0.1) is 0 Å². The van der Waals surface area contributed by atoms with Gasteiger partial charge in [0.2, 0.25) is 0 Å². The van der Waals surface area contributed by atoms with Crippen molar-refractivity contribution in [2.45, 2.75) is 64.2 Å². The van der Waals surface area contributed by atoms with E-state index < -0.39 is 0 Å². The first-order chi connectivity index (χ1) is 11.3. The number of rotatable bonds is 8. The molecule has 0 spiro atoms. The first-order valence-corrected chi connectivity index (χ1v) is 9.18. The molecule has 0 aromatic heterocycles. The van der Waals surface area contributed by atoms with Gasteiger partial charge in [-0.3, -0.25) is 9.59 Å². The second kappa shape index (κ2) is 10.6. The average Bonchev–Trinajstić information content (AvgIpc) is 2.62. The van der Waals surface area contributed by atoms with E-state index in [1.165, 1.54) is 12.8 Å². The molecule has 23 heavy (non-hydrogen) atoms. The highest BCUT2D eigenvalue weighted by Crippen LogP contribution is 2.25. The van der Waals surface area contributed by atoms with Crippen molar-refractivity contribution in [3.63, 3.8) is 0 Å². The maximum Gasteiger partial charge on any atom is 0.309 e. The predicted molar refractivity (Wildman–Crippen MR) is 85.9 cm³/mol. The molecule has 0 bridgehead atoms. The number of esters is 2. The van der Waals surface area contributed by atoms with Gasteiger partial charge in [-0.25, -0.2) is 0 Å². The lowest BCUT2D eigenvalue weighted by Gasteiger charge is -2.20. The summed E-state index contributed by atoms with van der Waals surface area (Å²) in [6.07, 6.45) is 10.8. The SMILES string of the molecule is O=C(OCCOCCOC(=O)C1CCCCC1)C1CCCCC1. The third-order valence-electron chi connectivity index (χ3n) is 4.82. The van der Waals surface area contributed by atoms with Gasteiger partial charge in [0.25, 0.3) is 0 Å². The minimum atomic E-state index is -0.0861. The van der Waals surface area contributed by atoms with Crippen molar-refractivity contribution in [3.05, 3.63) is 0 Å². The van der Waals surface area contributed by atoms with Crippen LogP contribution in [0.2, 0.25) is 0 Å². The highest BCUT2D eigenvalue weighted by atomic mass is 16.6. The maximum atomic E-state index is 11.8. The quantitative estimate of drug-likeness (QED) is 0.506. The van der Waals surface area contributed by atoms with Crippen LogP contribution in [0.15, 0.2) is 0 Å². The summed E-state index contributed by atoms with van der Waals surface area (Å²) in [6.45, 7) is 1.29. The van der Waals surface area contributed by atoms with E-state index in [2.05, 4.69) is 0 Å². The van der Waals surface area contributed by atoms with Gasteiger partial charge in [0.1, 0.15) is 13.2 Å². The van der Waals surface area contributed by atoms with Gasteiger partial charge in [-0.2, -0.15) is 0 Å². The molecule has 0 amide bonds. The molecule has 0 aliphatic heterocycles. The van der Waals surface area contributed by atoms with Gasteiger partial charge >= 0.3 is 11.9 Å². The monoisotopic (exact) mass is 326 g/mol. The molecule has 2 saturated carbocycles. The minimum Gasteiger partial charge on any atom is -0.463 e. The van der Waals surface area contributed by atoms with E-state index in [4.69, 9.17) is 14.2 Å². The summed E-state index contributed by atoms with van der Waals surface area (Å²) in [5.41, 5.74) is 0. The molecule has 5 nitrogen and oxygen atoms in total. The first kappa shape index (κ1) is 18.2. The number of hydrogen-bond donors (Lipinski definition) is 0. The van der Waals surface area contributed by atoms with Crippen LogP contribution >= 0.6 is 0 Å². The summed E-state index contributed by atoms with van der Waals surface area (Å²) in [6, 6.07) is 0. The molecule has 2 aliphatic carbocycles. The number of hydrogen-bond acceptors (Lipinski definition) is 5. The van der Waals surface area contributed by atoms with Crippen LogP contribution in [0.4, 0.5) is 0 Å². The highest BCUT2D eigenvalue weighted by Gasteiger charge is 2.23. The van der Waals surface area contributed by atoms with Crippen molar-refractivity contribution in [2.24, 2.45) is 11.8 Å². The molecule has 0 unspecified atom stereocenters. The van der Waals surface area contributed by atoms with Crippen LogP contribution in [0.5, 0.6) is 0 Å². The maximum absolute atomic E-state index is 11.8. The Hall–Kier alpha value is -1.10. The van der Waals surface area contributed by atoms with Crippen molar-refractivity contribution in [3.8, 4) is 0 Å². The standard InChI is InChI=1S/C18H30O5/c19-17(15-7-3-1-4-8-15)22-13-11-21-12-14-23-18(20)16-9-5-2-6-10-16/h15-16H,1-14H2. The Labute approximate surface area is 139 Å². The molecule has 5 heteroatoms. The minimum absolute atomic E-state index is 0.0835. The summed E-state index contributed by atoms with van der Waals surface area (Å²) < 4.78 is 15.8. The predicted octanol–water partition coefficient (Wildman–Crippen LogP) is 3.25. The fraction of sp³-hybridized carbons (Fsp3) is 0.889. The first-order valence-electron chi connectivity index (χ1n) is 9.18. The fourth-order valence-electron chi connectivity index (χ4n) is 3.42. The van der Waals surface area contributed by atoms with Crippen LogP contribution in [0.1, 0.15) is 64.2 Å². The van der Waals surface area contributed by atoms with Crippen molar-refractivity contribution in [1.29, 1.82) is 0 Å². The zero-order valence-electron chi connectivity index (χ0n) is 14.1. The smallest absolute Gasteiger partial charge is 0.309 e. The lowest BCUT2D eigenvalue weighted by molar-refractivity contribution is -0.152. The van der Waals surface area contributed by atoms with Crippen molar-refractivity contribution in [2.75, 3.05) is 26.4 Å². The van der Waals surface area contributed by atoms with Crippen LogP contribution in [0, 0.1) is 11.8 Å². The van der Waals surface area contributed by atoms with Crippen LogP contribution in [0.25, 0.3) is 0 Å². The molecule has 0 aromatic rings. The lowest BCUT2D eigenvalue weighted by atomic mass is 9.89. The van der Waals surface area contributed by atoms with Crippen LogP contribution < -0.4 is 0 Å². The summed E-state index contributed by atoms with van der Waals surface area (Å²) in [5, 5.41) is 0. The van der Waals surface area contributed by atoms with E-state index >= 15 is 0 Å².